The van der Waals surface area contributed by atoms with Crippen molar-refractivity contribution < 1.29 is 4.79 Å². The predicted molar refractivity (Wildman–Crippen MR) is 84.2 cm³/mol. The summed E-state index contributed by atoms with van der Waals surface area (Å²) < 4.78 is 0. The van der Waals surface area contributed by atoms with Gasteiger partial charge in [-0.25, -0.2) is 0 Å². The van der Waals surface area contributed by atoms with Gasteiger partial charge in [-0.15, -0.1) is 0 Å². The molecular weight excluding hydrogens is 248 g/mol. The molecule has 0 atom stereocenters. The summed E-state index contributed by atoms with van der Waals surface area (Å²) >= 11 is 0. The topological polar surface area (TPSA) is 55.1 Å². The highest BCUT2D eigenvalue weighted by atomic mass is 16.1. The molecule has 0 saturated carbocycles. The minimum Gasteiger partial charge on any atom is -0.398 e. The Morgan fingerprint density at radius 3 is 2.10 bits per heavy atom. The highest BCUT2D eigenvalue weighted by molar-refractivity contribution is 6.07. The van der Waals surface area contributed by atoms with Crippen LogP contribution in [0.25, 0.3) is 0 Å². The Kier molecular flexibility index (Phi) is 3.79. The number of nitrogens with two attached hydrogens (primary N) is 1. The summed E-state index contributed by atoms with van der Waals surface area (Å²) in [6, 6.07) is 9.44. The minimum absolute atomic E-state index is 0.110. The Balaban J connectivity index is 2.45. The number of rotatable bonds is 2. The summed E-state index contributed by atoms with van der Waals surface area (Å²) in [6.07, 6.45) is 0. The fourth-order valence-electron chi connectivity index (χ4n) is 2.42. The van der Waals surface area contributed by atoms with Gasteiger partial charge in [0.15, 0.2) is 0 Å². The smallest absolute Gasteiger partial charge is 0.256 e. The predicted octanol–water partition coefficient (Wildman–Crippen LogP) is 3.75. The van der Waals surface area contributed by atoms with Crippen molar-refractivity contribution in [2.45, 2.75) is 27.7 Å². The van der Waals surface area contributed by atoms with Crippen LogP contribution in [0.4, 0.5) is 11.4 Å². The Morgan fingerprint density at radius 2 is 1.50 bits per heavy atom. The molecule has 0 fully saturated rings. The summed E-state index contributed by atoms with van der Waals surface area (Å²) in [5.74, 6) is -0.110. The van der Waals surface area contributed by atoms with Gasteiger partial charge in [0.1, 0.15) is 0 Å². The second-order valence-electron chi connectivity index (χ2n) is 5.11. The second kappa shape index (κ2) is 5.37. The van der Waals surface area contributed by atoms with Crippen molar-refractivity contribution >= 4 is 17.3 Å². The average Bonchev–Trinajstić information content (AvgIpc) is 2.44. The van der Waals surface area contributed by atoms with Crippen molar-refractivity contribution in [1.29, 1.82) is 0 Å². The maximum atomic E-state index is 12.5. The molecule has 0 radical (unpaired) electrons. The van der Waals surface area contributed by atoms with E-state index in [4.69, 9.17) is 5.73 Å². The monoisotopic (exact) mass is 268 g/mol. The van der Waals surface area contributed by atoms with Gasteiger partial charge in [0.25, 0.3) is 5.91 Å². The van der Waals surface area contributed by atoms with Gasteiger partial charge in [0.05, 0.1) is 0 Å². The fourth-order valence-corrected chi connectivity index (χ4v) is 2.42. The van der Waals surface area contributed by atoms with Crippen LogP contribution in [-0.4, -0.2) is 5.91 Å². The van der Waals surface area contributed by atoms with E-state index in [9.17, 15) is 4.79 Å². The number of hydrogen-bond acceptors (Lipinski definition) is 2. The molecule has 3 N–H and O–H groups in total. The third kappa shape index (κ3) is 2.39. The molecule has 3 nitrogen and oxygen atoms in total. The number of nitrogens with one attached hydrogen (secondary N) is 1. The lowest BCUT2D eigenvalue weighted by Crippen LogP contribution is -2.17. The van der Waals surface area contributed by atoms with E-state index in [1.807, 2.05) is 58.0 Å². The molecule has 1 amide bonds. The molecule has 0 bridgehead atoms. The quantitative estimate of drug-likeness (QED) is 0.815. The van der Waals surface area contributed by atoms with Gasteiger partial charge in [-0.1, -0.05) is 18.2 Å². The molecule has 0 aliphatic rings. The summed E-state index contributed by atoms with van der Waals surface area (Å²) in [5, 5.41) is 2.92. The first kappa shape index (κ1) is 14.1. The highest BCUT2D eigenvalue weighted by Gasteiger charge is 2.18. The van der Waals surface area contributed by atoms with Crippen LogP contribution in [-0.2, 0) is 0 Å². The van der Waals surface area contributed by atoms with Crippen LogP contribution in [0, 0.1) is 27.7 Å². The summed E-state index contributed by atoms with van der Waals surface area (Å²) in [7, 11) is 0. The van der Waals surface area contributed by atoms with Gasteiger partial charge in [0.2, 0.25) is 0 Å². The molecule has 0 aliphatic heterocycles. The van der Waals surface area contributed by atoms with E-state index in [1.54, 1.807) is 0 Å². The van der Waals surface area contributed by atoms with E-state index >= 15 is 0 Å². The zero-order valence-electron chi connectivity index (χ0n) is 12.4. The highest BCUT2D eigenvalue weighted by Crippen LogP contribution is 2.29. The maximum absolute atomic E-state index is 12.5. The van der Waals surface area contributed by atoms with Crippen molar-refractivity contribution in [2.24, 2.45) is 0 Å². The van der Waals surface area contributed by atoms with E-state index in [1.165, 1.54) is 0 Å². The maximum Gasteiger partial charge on any atom is 0.256 e. The molecule has 2 rings (SSSR count). The number of para-hydroxylation sites is 1. The molecule has 104 valence electrons. The largest absolute Gasteiger partial charge is 0.398 e. The third-order valence-electron chi connectivity index (χ3n) is 3.94. The van der Waals surface area contributed by atoms with Crippen LogP contribution in [0.5, 0.6) is 0 Å². The van der Waals surface area contributed by atoms with E-state index in [-0.39, 0.29) is 5.91 Å². The van der Waals surface area contributed by atoms with Crippen molar-refractivity contribution in [1.82, 2.24) is 0 Å². The lowest BCUT2D eigenvalue weighted by atomic mass is 9.92. The van der Waals surface area contributed by atoms with Crippen molar-refractivity contribution in [3.05, 3.63) is 58.1 Å². The molecule has 0 heterocycles. The van der Waals surface area contributed by atoms with Gasteiger partial charge in [-0.3, -0.25) is 4.79 Å². The average molecular weight is 268 g/mol. The first-order chi connectivity index (χ1) is 9.43. The zero-order valence-corrected chi connectivity index (χ0v) is 12.4. The molecule has 0 unspecified atom stereocenters. The fraction of sp³-hybridized carbons (Fsp3) is 0.235. The Labute approximate surface area is 119 Å². The molecule has 2 aromatic rings. The molecule has 0 aliphatic carbocycles. The number of carbonyl (C=O) groups is 1. The normalized spacial score (nSPS) is 10.4. The zero-order chi connectivity index (χ0) is 14.9. The molecule has 0 spiro atoms. The van der Waals surface area contributed by atoms with Gasteiger partial charge < -0.3 is 11.1 Å². The number of benzene rings is 2. The van der Waals surface area contributed by atoms with Gasteiger partial charge in [-0.2, -0.15) is 0 Å². The van der Waals surface area contributed by atoms with Crippen LogP contribution in [0.1, 0.15) is 32.6 Å². The Bertz CT molecular complexity index is 631. The van der Waals surface area contributed by atoms with Crippen LogP contribution >= 0.6 is 0 Å². The summed E-state index contributed by atoms with van der Waals surface area (Å²) in [5.41, 5.74) is 12.2. The molecule has 0 aromatic heterocycles. The lowest BCUT2D eigenvalue weighted by Gasteiger charge is -2.17. The van der Waals surface area contributed by atoms with E-state index in [0.717, 1.165) is 27.9 Å². The summed E-state index contributed by atoms with van der Waals surface area (Å²) in [4.78, 5) is 12.5. The van der Waals surface area contributed by atoms with Crippen LogP contribution in [0.15, 0.2) is 30.3 Å². The Hall–Kier alpha value is -2.29. The SMILES string of the molecule is Cc1c(C)c(N)c(C)c(C(=O)Nc2ccccc2)c1C. The van der Waals surface area contributed by atoms with Gasteiger partial charge >= 0.3 is 0 Å². The lowest BCUT2D eigenvalue weighted by molar-refractivity contribution is 0.102. The van der Waals surface area contributed by atoms with Crippen molar-refractivity contribution in [3.63, 3.8) is 0 Å². The minimum atomic E-state index is -0.110. The molecule has 2 aromatic carbocycles. The van der Waals surface area contributed by atoms with Crippen molar-refractivity contribution in [2.75, 3.05) is 11.1 Å². The van der Waals surface area contributed by atoms with Crippen LogP contribution < -0.4 is 11.1 Å². The number of carbonyl (C=O) groups excluding carboxylic acids is 1. The second-order valence-corrected chi connectivity index (χ2v) is 5.11. The van der Waals surface area contributed by atoms with E-state index in [0.29, 0.717) is 11.3 Å². The molecule has 3 heteroatoms. The standard InChI is InChI=1S/C17H20N2O/c1-10-11(2)15(13(4)16(18)12(10)3)17(20)19-14-8-6-5-7-9-14/h5-9H,18H2,1-4H3,(H,19,20). The van der Waals surface area contributed by atoms with Gasteiger partial charge in [0, 0.05) is 16.9 Å². The molecule has 20 heavy (non-hydrogen) atoms. The Morgan fingerprint density at radius 1 is 0.900 bits per heavy atom. The van der Waals surface area contributed by atoms with Crippen LogP contribution in [0.3, 0.4) is 0 Å². The first-order valence-corrected chi connectivity index (χ1v) is 6.65. The number of amides is 1. The van der Waals surface area contributed by atoms with Crippen LogP contribution in [0.2, 0.25) is 0 Å². The van der Waals surface area contributed by atoms with E-state index in [2.05, 4.69) is 5.32 Å². The van der Waals surface area contributed by atoms with Crippen molar-refractivity contribution in [3.8, 4) is 0 Å². The molecule has 0 saturated heterocycles. The number of nitrogen functional groups attached to an aromatic ring is 1. The number of hydrogen-bond donors (Lipinski definition) is 2. The third-order valence-corrected chi connectivity index (χ3v) is 3.94. The van der Waals surface area contributed by atoms with Gasteiger partial charge in [-0.05, 0) is 62.1 Å². The molecular formula is C17H20N2O. The first-order valence-electron chi connectivity index (χ1n) is 6.65. The summed E-state index contributed by atoms with van der Waals surface area (Å²) in [6.45, 7) is 7.85. The number of anilines is 2. The van der Waals surface area contributed by atoms with E-state index < -0.39 is 0 Å².